The molecule has 2 aromatic heterocycles. The van der Waals surface area contributed by atoms with Gasteiger partial charge in [-0.3, -0.25) is 0 Å². The van der Waals surface area contributed by atoms with Crippen molar-refractivity contribution >= 4 is 17.2 Å². The Morgan fingerprint density at radius 2 is 2.26 bits per heavy atom. The number of aromatic nitrogens is 4. The van der Waals surface area contributed by atoms with Crippen molar-refractivity contribution in [2.75, 3.05) is 11.9 Å². The van der Waals surface area contributed by atoms with Crippen LogP contribution in [0.1, 0.15) is 26.3 Å². The summed E-state index contributed by atoms with van der Waals surface area (Å²) in [5.74, 6) is 0.581. The Morgan fingerprint density at radius 1 is 1.47 bits per heavy atom. The van der Waals surface area contributed by atoms with Crippen LogP contribution in [0.3, 0.4) is 0 Å². The van der Waals surface area contributed by atoms with Crippen molar-refractivity contribution in [1.29, 1.82) is 0 Å². The molecule has 3 heterocycles. The molecule has 0 aromatic carbocycles. The van der Waals surface area contributed by atoms with Gasteiger partial charge in [0.05, 0.1) is 11.7 Å². The molecule has 1 aliphatic heterocycles. The second kappa shape index (κ2) is 3.95. The third-order valence-electron chi connectivity index (χ3n) is 3.00. The maximum absolute atomic E-state index is 9.36. The highest BCUT2D eigenvalue weighted by molar-refractivity contribution is 5.75. The summed E-state index contributed by atoms with van der Waals surface area (Å²) in [5, 5.41) is 33.2. The van der Waals surface area contributed by atoms with Crippen LogP contribution in [0.15, 0.2) is 16.6 Å². The van der Waals surface area contributed by atoms with E-state index in [1.807, 2.05) is 13.8 Å². The van der Waals surface area contributed by atoms with Gasteiger partial charge in [-0.05, 0) is 20.8 Å². The molecule has 2 aromatic rings. The van der Waals surface area contributed by atoms with Crippen LogP contribution in [0.5, 0.6) is 0 Å². The molecule has 100 valence electrons. The van der Waals surface area contributed by atoms with Gasteiger partial charge in [0.1, 0.15) is 17.6 Å². The normalized spacial score (nSPS) is 17.7. The van der Waals surface area contributed by atoms with Crippen LogP contribution in [0.2, 0.25) is 0 Å². The lowest BCUT2D eigenvalue weighted by Gasteiger charge is -2.16. The fraction of sp³-hybridized carbons (Fsp3) is 0.545. The van der Waals surface area contributed by atoms with Crippen molar-refractivity contribution in [3.8, 4) is 0 Å². The van der Waals surface area contributed by atoms with E-state index in [0.29, 0.717) is 23.7 Å². The Bertz CT molecular complexity index is 658. The molecule has 1 atom stereocenters. The first-order valence-electron chi connectivity index (χ1n) is 6.08. The van der Waals surface area contributed by atoms with Crippen LogP contribution in [0.4, 0.5) is 11.5 Å². The second-order valence-electron chi connectivity index (χ2n) is 5.16. The largest absolute Gasteiger partial charge is 0.392 e. The van der Waals surface area contributed by atoms with Crippen LogP contribution in [0.25, 0.3) is 5.65 Å². The molecular formula is C11H15N7O. The van der Waals surface area contributed by atoms with Gasteiger partial charge in [0.15, 0.2) is 11.5 Å². The lowest BCUT2D eigenvalue weighted by molar-refractivity contribution is 0.208. The summed E-state index contributed by atoms with van der Waals surface area (Å²) in [5.41, 5.74) is 1.78. The number of fused-ring (bicyclic) bond motifs is 3. The zero-order valence-corrected chi connectivity index (χ0v) is 11.0. The van der Waals surface area contributed by atoms with Crippen molar-refractivity contribution in [2.24, 2.45) is 10.2 Å². The SMILES string of the molecule is CC(O)CNc1nn2cnnc2c2c1N=NC2(C)C. The molecule has 0 saturated heterocycles. The fourth-order valence-corrected chi connectivity index (χ4v) is 2.10. The van der Waals surface area contributed by atoms with E-state index < -0.39 is 11.6 Å². The molecular weight excluding hydrogens is 246 g/mol. The summed E-state index contributed by atoms with van der Waals surface area (Å²) in [6.07, 6.45) is 1.07. The number of aliphatic hydroxyl groups is 1. The number of hydrogen-bond acceptors (Lipinski definition) is 7. The van der Waals surface area contributed by atoms with Crippen LogP contribution in [0, 0.1) is 0 Å². The van der Waals surface area contributed by atoms with Crippen molar-refractivity contribution in [3.63, 3.8) is 0 Å². The fourth-order valence-electron chi connectivity index (χ4n) is 2.10. The Morgan fingerprint density at radius 3 is 3.00 bits per heavy atom. The maximum Gasteiger partial charge on any atom is 0.185 e. The molecule has 1 unspecified atom stereocenters. The highest BCUT2D eigenvalue weighted by Crippen LogP contribution is 2.45. The molecule has 0 radical (unpaired) electrons. The van der Waals surface area contributed by atoms with E-state index in [1.165, 1.54) is 6.33 Å². The first-order valence-corrected chi connectivity index (χ1v) is 6.08. The summed E-state index contributed by atoms with van der Waals surface area (Å²) < 4.78 is 1.60. The molecule has 0 fully saturated rings. The van der Waals surface area contributed by atoms with Gasteiger partial charge in [-0.1, -0.05) is 0 Å². The van der Waals surface area contributed by atoms with Crippen molar-refractivity contribution in [2.45, 2.75) is 32.4 Å². The predicted molar refractivity (Wildman–Crippen MR) is 68.5 cm³/mol. The molecule has 2 N–H and O–H groups in total. The first-order chi connectivity index (χ1) is 8.99. The van der Waals surface area contributed by atoms with E-state index in [9.17, 15) is 5.11 Å². The Hall–Kier alpha value is -2.09. The standard InChI is InChI=1S/C11H15N7O/c1-6(19)4-12-9-8-7(11(2,3)17-14-8)10-15-13-5-18(10)16-9/h5-6,19H,4H2,1-3H3,(H,12,16). The van der Waals surface area contributed by atoms with Crippen molar-refractivity contribution < 1.29 is 5.11 Å². The number of rotatable bonds is 3. The number of azo groups is 1. The number of hydrogen-bond donors (Lipinski definition) is 2. The molecule has 1 aliphatic rings. The average Bonchev–Trinajstić information content (AvgIpc) is 2.90. The zero-order chi connectivity index (χ0) is 13.6. The summed E-state index contributed by atoms with van der Waals surface area (Å²) in [7, 11) is 0. The van der Waals surface area contributed by atoms with Crippen LogP contribution < -0.4 is 5.32 Å². The lowest BCUT2D eigenvalue weighted by atomic mass is 9.96. The minimum atomic E-state index is -0.472. The zero-order valence-electron chi connectivity index (χ0n) is 11.0. The number of nitrogens with one attached hydrogen (secondary N) is 1. The Labute approximate surface area is 109 Å². The first kappa shape index (κ1) is 12.0. The van der Waals surface area contributed by atoms with Gasteiger partial charge in [0.25, 0.3) is 0 Å². The minimum absolute atomic E-state index is 0.392. The van der Waals surface area contributed by atoms with Gasteiger partial charge >= 0.3 is 0 Å². The molecule has 8 nitrogen and oxygen atoms in total. The number of nitrogens with zero attached hydrogens (tertiary/aromatic N) is 6. The molecule has 3 rings (SSSR count). The van der Waals surface area contributed by atoms with Gasteiger partial charge in [0.2, 0.25) is 0 Å². The molecule has 8 heteroatoms. The topological polar surface area (TPSA) is 100 Å². The van der Waals surface area contributed by atoms with E-state index in [4.69, 9.17) is 0 Å². The van der Waals surface area contributed by atoms with Crippen LogP contribution in [-0.2, 0) is 5.54 Å². The summed E-state index contributed by atoms with van der Waals surface area (Å²) in [4.78, 5) is 0. The monoisotopic (exact) mass is 261 g/mol. The molecule has 19 heavy (non-hydrogen) atoms. The van der Waals surface area contributed by atoms with Crippen molar-refractivity contribution in [1.82, 2.24) is 19.8 Å². The van der Waals surface area contributed by atoms with Gasteiger partial charge < -0.3 is 10.4 Å². The smallest absolute Gasteiger partial charge is 0.185 e. The summed E-state index contributed by atoms with van der Waals surface area (Å²) in [6.45, 7) is 6.03. The quantitative estimate of drug-likeness (QED) is 0.866. The van der Waals surface area contributed by atoms with Crippen molar-refractivity contribution in [3.05, 3.63) is 11.9 Å². The molecule has 0 spiro atoms. The van der Waals surface area contributed by atoms with Crippen LogP contribution >= 0.6 is 0 Å². The van der Waals surface area contributed by atoms with E-state index in [1.54, 1.807) is 11.4 Å². The summed E-state index contributed by atoms with van der Waals surface area (Å²) in [6, 6.07) is 0. The Kier molecular flexibility index (Phi) is 2.49. The van der Waals surface area contributed by atoms with Crippen LogP contribution in [-0.4, -0.2) is 37.6 Å². The van der Waals surface area contributed by atoms with E-state index >= 15 is 0 Å². The maximum atomic E-state index is 9.36. The second-order valence-corrected chi connectivity index (χ2v) is 5.16. The van der Waals surface area contributed by atoms with Gasteiger partial charge in [-0.15, -0.1) is 15.3 Å². The average molecular weight is 261 g/mol. The van der Waals surface area contributed by atoms with Gasteiger partial charge in [0, 0.05) is 6.54 Å². The third kappa shape index (κ3) is 1.84. The molecule has 0 amide bonds. The van der Waals surface area contributed by atoms with E-state index in [0.717, 1.165) is 5.56 Å². The predicted octanol–water partition coefficient (Wildman–Crippen LogP) is 1.25. The molecule has 0 saturated carbocycles. The lowest BCUT2D eigenvalue weighted by Crippen LogP contribution is -2.18. The highest BCUT2D eigenvalue weighted by atomic mass is 16.3. The third-order valence-corrected chi connectivity index (χ3v) is 3.00. The molecule has 0 bridgehead atoms. The van der Waals surface area contributed by atoms with E-state index in [-0.39, 0.29) is 0 Å². The number of anilines is 1. The van der Waals surface area contributed by atoms with Gasteiger partial charge in [-0.25, -0.2) is 0 Å². The molecule has 0 aliphatic carbocycles. The Balaban J connectivity index is 2.16. The van der Waals surface area contributed by atoms with E-state index in [2.05, 4.69) is 30.8 Å². The highest BCUT2D eigenvalue weighted by Gasteiger charge is 2.35. The summed E-state index contributed by atoms with van der Waals surface area (Å²) >= 11 is 0. The van der Waals surface area contributed by atoms with Gasteiger partial charge in [-0.2, -0.15) is 14.7 Å². The minimum Gasteiger partial charge on any atom is -0.392 e. The number of aliphatic hydroxyl groups excluding tert-OH is 1.